The number of hydrogen-bond acceptors (Lipinski definition) is 2. The van der Waals surface area contributed by atoms with E-state index in [-0.39, 0.29) is 5.78 Å². The molecule has 0 aliphatic heterocycles. The van der Waals surface area contributed by atoms with Gasteiger partial charge >= 0.3 is 0 Å². The maximum absolute atomic E-state index is 11.7. The summed E-state index contributed by atoms with van der Waals surface area (Å²) in [5.74, 6) is -0.0711. The topological polar surface area (TPSA) is 40.9 Å². The number of hydrogen-bond donors (Lipinski definition) is 0. The lowest BCUT2D eigenvalue weighted by Crippen LogP contribution is -1.85. The van der Waals surface area contributed by atoms with E-state index in [2.05, 4.69) is 6.07 Å². The van der Waals surface area contributed by atoms with E-state index in [1.54, 1.807) is 24.3 Å². The first-order chi connectivity index (χ1) is 9.78. The molecule has 0 saturated carbocycles. The zero-order chi connectivity index (χ0) is 14.2. The lowest BCUT2D eigenvalue weighted by Gasteiger charge is -1.92. The third-order valence-corrected chi connectivity index (χ3v) is 2.72. The van der Waals surface area contributed by atoms with Gasteiger partial charge in [-0.25, -0.2) is 0 Å². The van der Waals surface area contributed by atoms with Crippen molar-refractivity contribution in [1.82, 2.24) is 0 Å². The Morgan fingerprint density at radius 2 is 1.40 bits per heavy atom. The van der Waals surface area contributed by atoms with Crippen LogP contribution in [0.4, 0.5) is 0 Å². The second-order valence-corrected chi connectivity index (χ2v) is 4.21. The molecule has 0 bridgehead atoms. The van der Waals surface area contributed by atoms with Crippen molar-refractivity contribution in [1.29, 1.82) is 5.26 Å². The van der Waals surface area contributed by atoms with Crippen LogP contribution in [0.2, 0.25) is 0 Å². The van der Waals surface area contributed by atoms with Gasteiger partial charge in [0.2, 0.25) is 0 Å². The summed E-state index contributed by atoms with van der Waals surface area (Å²) in [6.45, 7) is 0. The van der Waals surface area contributed by atoms with Crippen LogP contribution in [0.15, 0.2) is 66.7 Å². The number of rotatable bonds is 4. The molecule has 0 spiro atoms. The molecule has 0 N–H and O–H groups in total. The molecule has 2 rings (SSSR count). The number of nitrogens with zero attached hydrogens (tertiary/aromatic N) is 1. The molecule has 0 unspecified atom stereocenters. The molecule has 0 amide bonds. The molecule has 2 nitrogen and oxygen atoms in total. The second kappa shape index (κ2) is 6.86. The third-order valence-electron chi connectivity index (χ3n) is 2.72. The largest absolute Gasteiger partial charge is 0.290 e. The lowest BCUT2D eigenvalue weighted by molar-refractivity contribution is -0.110. The van der Waals surface area contributed by atoms with E-state index in [1.807, 2.05) is 42.5 Å². The quantitative estimate of drug-likeness (QED) is 0.782. The minimum atomic E-state index is -0.0711. The van der Waals surface area contributed by atoms with E-state index in [1.165, 1.54) is 12.2 Å². The molecule has 96 valence electrons. The number of ketones is 1. The third kappa shape index (κ3) is 4.08. The summed E-state index contributed by atoms with van der Waals surface area (Å²) in [5, 5.41) is 8.69. The maximum Gasteiger partial charge on any atom is 0.178 e. The fraction of sp³-hybridized carbons (Fsp3) is 0. The van der Waals surface area contributed by atoms with Gasteiger partial charge in [0.05, 0.1) is 11.6 Å². The minimum absolute atomic E-state index is 0.0711. The molecule has 0 saturated heterocycles. The van der Waals surface area contributed by atoms with Gasteiger partial charge in [-0.1, -0.05) is 54.6 Å². The Bertz CT molecular complexity index is 674. The minimum Gasteiger partial charge on any atom is -0.290 e. The van der Waals surface area contributed by atoms with E-state index in [0.29, 0.717) is 5.56 Å². The molecule has 0 aliphatic rings. The second-order valence-electron chi connectivity index (χ2n) is 4.21. The van der Waals surface area contributed by atoms with Crippen molar-refractivity contribution in [3.63, 3.8) is 0 Å². The number of benzene rings is 2. The standard InChI is InChI=1S/C18H13NO/c19-14-17-8-6-16(7-9-17)11-13-18(20)12-10-15-4-2-1-3-5-15/h1-13H/b12-10+,13-11+. The molecule has 0 aliphatic carbocycles. The molecular weight excluding hydrogens is 246 g/mol. The van der Waals surface area contributed by atoms with Crippen LogP contribution in [0.5, 0.6) is 0 Å². The van der Waals surface area contributed by atoms with Crippen molar-refractivity contribution in [2.24, 2.45) is 0 Å². The molecule has 0 fully saturated rings. The maximum atomic E-state index is 11.7. The Morgan fingerprint density at radius 3 is 1.95 bits per heavy atom. The Labute approximate surface area is 118 Å². The normalized spacial score (nSPS) is 10.8. The van der Waals surface area contributed by atoms with Crippen LogP contribution in [0, 0.1) is 11.3 Å². The number of allylic oxidation sites excluding steroid dienone is 2. The highest BCUT2D eigenvalue weighted by atomic mass is 16.1. The highest BCUT2D eigenvalue weighted by Crippen LogP contribution is 2.06. The first kappa shape index (κ1) is 13.5. The van der Waals surface area contributed by atoms with E-state index < -0.39 is 0 Å². The molecule has 0 radical (unpaired) electrons. The predicted octanol–water partition coefficient (Wildman–Crippen LogP) is 3.85. The SMILES string of the molecule is N#Cc1ccc(/C=C/C(=O)/C=C/c2ccccc2)cc1. The summed E-state index contributed by atoms with van der Waals surface area (Å²) in [4.78, 5) is 11.7. The number of nitriles is 1. The molecule has 20 heavy (non-hydrogen) atoms. The highest BCUT2D eigenvalue weighted by molar-refractivity contribution is 6.04. The van der Waals surface area contributed by atoms with Gasteiger partial charge in [0.15, 0.2) is 5.78 Å². The first-order valence-corrected chi connectivity index (χ1v) is 6.23. The molecule has 2 aromatic rings. The van der Waals surface area contributed by atoms with Crippen molar-refractivity contribution >= 4 is 17.9 Å². The van der Waals surface area contributed by atoms with Gasteiger partial charge < -0.3 is 0 Å². The van der Waals surface area contributed by atoms with E-state index in [0.717, 1.165) is 11.1 Å². The van der Waals surface area contributed by atoms with Gasteiger partial charge in [-0.2, -0.15) is 5.26 Å². The average Bonchev–Trinajstić information content (AvgIpc) is 2.52. The van der Waals surface area contributed by atoms with Crippen LogP contribution in [0.3, 0.4) is 0 Å². The van der Waals surface area contributed by atoms with Crippen molar-refractivity contribution < 1.29 is 4.79 Å². The first-order valence-electron chi connectivity index (χ1n) is 6.23. The summed E-state index contributed by atoms with van der Waals surface area (Å²) in [7, 11) is 0. The van der Waals surface area contributed by atoms with Gasteiger partial charge in [-0.05, 0) is 35.4 Å². The molecule has 0 atom stereocenters. The van der Waals surface area contributed by atoms with Gasteiger partial charge in [0.25, 0.3) is 0 Å². The van der Waals surface area contributed by atoms with Crippen molar-refractivity contribution in [2.45, 2.75) is 0 Å². The van der Waals surface area contributed by atoms with Gasteiger partial charge in [0.1, 0.15) is 0 Å². The van der Waals surface area contributed by atoms with Crippen molar-refractivity contribution in [3.05, 3.63) is 83.4 Å². The van der Waals surface area contributed by atoms with Crippen molar-refractivity contribution in [2.75, 3.05) is 0 Å². The van der Waals surface area contributed by atoms with Crippen LogP contribution in [-0.4, -0.2) is 5.78 Å². The summed E-state index contributed by atoms with van der Waals surface area (Å²) in [5.41, 5.74) is 2.50. The molecule has 2 aromatic carbocycles. The van der Waals surface area contributed by atoms with E-state index >= 15 is 0 Å². The number of carbonyl (C=O) groups is 1. The Balaban J connectivity index is 1.99. The lowest BCUT2D eigenvalue weighted by atomic mass is 10.1. The van der Waals surface area contributed by atoms with E-state index in [9.17, 15) is 4.79 Å². The van der Waals surface area contributed by atoms with Crippen LogP contribution in [-0.2, 0) is 4.79 Å². The van der Waals surface area contributed by atoms with Gasteiger partial charge in [-0.3, -0.25) is 4.79 Å². The summed E-state index contributed by atoms with van der Waals surface area (Å²) >= 11 is 0. The summed E-state index contributed by atoms with van der Waals surface area (Å²) in [6, 6.07) is 18.8. The molecule has 0 aromatic heterocycles. The monoisotopic (exact) mass is 259 g/mol. The zero-order valence-electron chi connectivity index (χ0n) is 10.9. The van der Waals surface area contributed by atoms with E-state index in [4.69, 9.17) is 5.26 Å². The Hall–Kier alpha value is -2.92. The summed E-state index contributed by atoms with van der Waals surface area (Å²) in [6.07, 6.45) is 6.57. The van der Waals surface area contributed by atoms with Crippen LogP contribution < -0.4 is 0 Å². The fourth-order valence-corrected chi connectivity index (χ4v) is 1.65. The Kier molecular flexibility index (Phi) is 4.64. The molecule has 2 heteroatoms. The van der Waals surface area contributed by atoms with Crippen LogP contribution in [0.1, 0.15) is 16.7 Å². The highest BCUT2D eigenvalue weighted by Gasteiger charge is 1.92. The molecular formula is C18H13NO. The van der Waals surface area contributed by atoms with Crippen LogP contribution >= 0.6 is 0 Å². The average molecular weight is 259 g/mol. The smallest absolute Gasteiger partial charge is 0.178 e. The van der Waals surface area contributed by atoms with Gasteiger partial charge in [0, 0.05) is 0 Å². The van der Waals surface area contributed by atoms with Crippen LogP contribution in [0.25, 0.3) is 12.2 Å². The van der Waals surface area contributed by atoms with Gasteiger partial charge in [-0.15, -0.1) is 0 Å². The fourth-order valence-electron chi connectivity index (χ4n) is 1.65. The predicted molar refractivity (Wildman–Crippen MR) is 80.7 cm³/mol. The zero-order valence-corrected chi connectivity index (χ0v) is 10.9. The molecule has 0 heterocycles. The van der Waals surface area contributed by atoms with Crippen molar-refractivity contribution in [3.8, 4) is 6.07 Å². The summed E-state index contributed by atoms with van der Waals surface area (Å²) < 4.78 is 0. The Morgan fingerprint density at radius 1 is 0.850 bits per heavy atom. The number of carbonyl (C=O) groups excluding carboxylic acids is 1.